The fourth-order valence-electron chi connectivity index (χ4n) is 3.47. The van der Waals surface area contributed by atoms with Crippen LogP contribution in [0.4, 0.5) is 5.69 Å². The Morgan fingerprint density at radius 2 is 1.68 bits per heavy atom. The Labute approximate surface area is 166 Å². The van der Waals surface area contributed by atoms with E-state index in [0.717, 1.165) is 18.7 Å². The summed E-state index contributed by atoms with van der Waals surface area (Å²) < 4.78 is 5.60. The zero-order chi connectivity index (χ0) is 19.9. The number of ether oxygens (including phenoxy) is 1. The number of rotatable bonds is 7. The molecule has 0 saturated carbocycles. The van der Waals surface area contributed by atoms with Crippen molar-refractivity contribution in [2.45, 2.75) is 32.7 Å². The number of likely N-dealkylation sites (N-methyl/N-ethyl adjacent to an activating group) is 1. The molecule has 0 radical (unpaired) electrons. The van der Waals surface area contributed by atoms with Gasteiger partial charge in [-0.05, 0) is 62.1 Å². The summed E-state index contributed by atoms with van der Waals surface area (Å²) in [5.74, 6) is 0.513. The van der Waals surface area contributed by atoms with Crippen molar-refractivity contribution in [3.8, 4) is 5.75 Å². The average Bonchev–Trinajstić information content (AvgIpc) is 2.73. The Balaban J connectivity index is 1.57. The maximum atomic E-state index is 12.5. The number of hydrogen-bond donors (Lipinski definition) is 0. The first-order valence-corrected chi connectivity index (χ1v) is 9.85. The van der Waals surface area contributed by atoms with Gasteiger partial charge >= 0.3 is 0 Å². The van der Waals surface area contributed by atoms with Crippen LogP contribution in [-0.4, -0.2) is 43.3 Å². The van der Waals surface area contributed by atoms with Crippen LogP contribution in [0.5, 0.6) is 5.75 Å². The number of carbonyl (C=O) groups excluding carboxylic acids is 2. The molecule has 0 aromatic heterocycles. The Hall–Kier alpha value is -2.82. The molecule has 1 aliphatic rings. The van der Waals surface area contributed by atoms with E-state index < -0.39 is 0 Å². The Bertz CT molecular complexity index is 811. The third-order valence-corrected chi connectivity index (χ3v) is 5.14. The molecular weight excluding hydrogens is 352 g/mol. The quantitative estimate of drug-likeness (QED) is 0.683. The van der Waals surface area contributed by atoms with Crippen LogP contribution in [0, 0.1) is 0 Å². The van der Waals surface area contributed by atoms with Gasteiger partial charge < -0.3 is 14.5 Å². The van der Waals surface area contributed by atoms with E-state index in [4.69, 9.17) is 4.74 Å². The molecule has 1 amide bonds. The second kappa shape index (κ2) is 9.40. The number of ketones is 1. The van der Waals surface area contributed by atoms with Gasteiger partial charge in [0.15, 0.2) is 12.4 Å². The van der Waals surface area contributed by atoms with E-state index in [-0.39, 0.29) is 18.3 Å². The van der Waals surface area contributed by atoms with Crippen LogP contribution in [-0.2, 0) is 11.3 Å². The molecule has 1 aliphatic heterocycles. The van der Waals surface area contributed by atoms with Crippen LogP contribution >= 0.6 is 0 Å². The number of Topliss-reactive ketones (excluding diaryl/α,β-unsaturated/α-hetero) is 1. The van der Waals surface area contributed by atoms with Crippen molar-refractivity contribution in [1.29, 1.82) is 0 Å². The zero-order valence-corrected chi connectivity index (χ0v) is 16.7. The number of para-hydroxylation sites is 1. The Kier molecular flexibility index (Phi) is 6.69. The van der Waals surface area contributed by atoms with Gasteiger partial charge in [-0.1, -0.05) is 18.2 Å². The SMILES string of the molecule is CC(=O)c1ccc(OCC(=O)N(C)Cc2ccccc2N2CCCCC2)cc1. The maximum absolute atomic E-state index is 12.5. The molecule has 148 valence electrons. The van der Waals surface area contributed by atoms with E-state index in [2.05, 4.69) is 23.1 Å². The fourth-order valence-corrected chi connectivity index (χ4v) is 3.47. The summed E-state index contributed by atoms with van der Waals surface area (Å²) in [4.78, 5) is 28.0. The van der Waals surface area contributed by atoms with Crippen LogP contribution in [0.2, 0.25) is 0 Å². The van der Waals surface area contributed by atoms with Gasteiger partial charge in [0.25, 0.3) is 5.91 Å². The van der Waals surface area contributed by atoms with Crippen molar-refractivity contribution < 1.29 is 14.3 Å². The highest BCUT2D eigenvalue weighted by molar-refractivity contribution is 5.94. The number of anilines is 1. The number of nitrogens with zero attached hydrogens (tertiary/aromatic N) is 2. The molecule has 1 fully saturated rings. The van der Waals surface area contributed by atoms with Crippen molar-refractivity contribution in [1.82, 2.24) is 4.90 Å². The van der Waals surface area contributed by atoms with E-state index in [1.165, 1.54) is 31.9 Å². The largest absolute Gasteiger partial charge is 0.484 e. The van der Waals surface area contributed by atoms with Crippen molar-refractivity contribution in [2.75, 3.05) is 31.6 Å². The van der Waals surface area contributed by atoms with Gasteiger partial charge in [0.2, 0.25) is 0 Å². The van der Waals surface area contributed by atoms with Gasteiger partial charge in [0, 0.05) is 37.9 Å². The van der Waals surface area contributed by atoms with E-state index in [0.29, 0.717) is 17.9 Å². The molecule has 0 aliphatic carbocycles. The highest BCUT2D eigenvalue weighted by atomic mass is 16.5. The van der Waals surface area contributed by atoms with Gasteiger partial charge in [0.05, 0.1) is 0 Å². The summed E-state index contributed by atoms with van der Waals surface area (Å²) in [6.45, 7) is 4.21. The van der Waals surface area contributed by atoms with Crippen LogP contribution in [0.25, 0.3) is 0 Å². The lowest BCUT2D eigenvalue weighted by Crippen LogP contribution is -2.33. The topological polar surface area (TPSA) is 49.9 Å². The van der Waals surface area contributed by atoms with Gasteiger partial charge in [-0.15, -0.1) is 0 Å². The van der Waals surface area contributed by atoms with E-state index in [1.54, 1.807) is 36.2 Å². The van der Waals surface area contributed by atoms with Crippen molar-refractivity contribution in [3.05, 3.63) is 59.7 Å². The molecule has 3 rings (SSSR count). The Morgan fingerprint density at radius 1 is 1.00 bits per heavy atom. The van der Waals surface area contributed by atoms with E-state index >= 15 is 0 Å². The minimum Gasteiger partial charge on any atom is -0.484 e. The molecule has 0 unspecified atom stereocenters. The molecule has 2 aromatic carbocycles. The average molecular weight is 380 g/mol. The lowest BCUT2D eigenvalue weighted by atomic mass is 10.1. The van der Waals surface area contributed by atoms with Crippen LogP contribution in [0.3, 0.4) is 0 Å². The third kappa shape index (κ3) is 5.12. The van der Waals surface area contributed by atoms with Crippen molar-refractivity contribution >= 4 is 17.4 Å². The monoisotopic (exact) mass is 380 g/mol. The first-order chi connectivity index (χ1) is 13.5. The van der Waals surface area contributed by atoms with E-state index in [9.17, 15) is 9.59 Å². The van der Waals surface area contributed by atoms with Crippen LogP contribution in [0.1, 0.15) is 42.1 Å². The number of carbonyl (C=O) groups is 2. The lowest BCUT2D eigenvalue weighted by molar-refractivity contribution is -0.132. The third-order valence-electron chi connectivity index (χ3n) is 5.14. The lowest BCUT2D eigenvalue weighted by Gasteiger charge is -2.31. The molecule has 0 atom stereocenters. The second-order valence-corrected chi connectivity index (χ2v) is 7.30. The summed E-state index contributed by atoms with van der Waals surface area (Å²) in [6, 6.07) is 15.2. The molecule has 5 nitrogen and oxygen atoms in total. The number of piperidine rings is 1. The normalized spacial score (nSPS) is 13.9. The summed E-state index contributed by atoms with van der Waals surface area (Å²) >= 11 is 0. The highest BCUT2D eigenvalue weighted by Gasteiger charge is 2.17. The molecule has 28 heavy (non-hydrogen) atoms. The molecule has 0 N–H and O–H groups in total. The summed E-state index contributed by atoms with van der Waals surface area (Å²) in [7, 11) is 1.80. The summed E-state index contributed by atoms with van der Waals surface area (Å²) in [5.41, 5.74) is 3.01. The first kappa shape index (κ1) is 19.9. The fraction of sp³-hybridized carbons (Fsp3) is 0.391. The first-order valence-electron chi connectivity index (χ1n) is 9.85. The molecule has 1 saturated heterocycles. The molecular formula is C23H28N2O3. The number of hydrogen-bond acceptors (Lipinski definition) is 4. The highest BCUT2D eigenvalue weighted by Crippen LogP contribution is 2.25. The van der Waals surface area contributed by atoms with Crippen LogP contribution < -0.4 is 9.64 Å². The molecule has 5 heteroatoms. The summed E-state index contributed by atoms with van der Waals surface area (Å²) in [6.07, 6.45) is 3.74. The predicted octanol–water partition coefficient (Wildman–Crippen LogP) is 3.92. The van der Waals surface area contributed by atoms with Crippen LogP contribution in [0.15, 0.2) is 48.5 Å². The van der Waals surface area contributed by atoms with Gasteiger partial charge in [-0.3, -0.25) is 9.59 Å². The number of amides is 1. The molecule has 0 spiro atoms. The molecule has 1 heterocycles. The van der Waals surface area contributed by atoms with E-state index in [1.807, 2.05) is 6.07 Å². The Morgan fingerprint density at radius 3 is 2.36 bits per heavy atom. The molecule has 0 bridgehead atoms. The number of benzene rings is 2. The van der Waals surface area contributed by atoms with Gasteiger partial charge in [0.1, 0.15) is 5.75 Å². The summed E-state index contributed by atoms with van der Waals surface area (Å²) in [5, 5.41) is 0. The second-order valence-electron chi connectivity index (χ2n) is 7.30. The maximum Gasteiger partial charge on any atom is 0.260 e. The zero-order valence-electron chi connectivity index (χ0n) is 16.7. The van der Waals surface area contributed by atoms with Gasteiger partial charge in [-0.2, -0.15) is 0 Å². The minimum absolute atomic E-state index is 0.00901. The minimum atomic E-state index is -0.0795. The van der Waals surface area contributed by atoms with Gasteiger partial charge in [-0.25, -0.2) is 0 Å². The smallest absolute Gasteiger partial charge is 0.260 e. The van der Waals surface area contributed by atoms with Crippen molar-refractivity contribution in [3.63, 3.8) is 0 Å². The van der Waals surface area contributed by atoms with Crippen molar-refractivity contribution in [2.24, 2.45) is 0 Å². The predicted molar refractivity (Wildman–Crippen MR) is 111 cm³/mol. The molecule has 2 aromatic rings. The standard InChI is InChI=1S/C23H28N2O3/c1-18(26)19-10-12-21(13-11-19)28-17-23(27)24(2)16-20-8-4-5-9-22(20)25-14-6-3-7-15-25/h4-5,8-13H,3,6-7,14-17H2,1-2H3.